The minimum atomic E-state index is -4.52. The summed E-state index contributed by atoms with van der Waals surface area (Å²) in [7, 11) is 0. The zero-order chi connectivity index (χ0) is 6.78. The molecule has 0 amide bonds. The molecule has 0 saturated heterocycles. The van der Waals surface area contributed by atoms with Gasteiger partial charge in [-0.1, -0.05) is 0 Å². The van der Waals surface area contributed by atoms with Crippen molar-refractivity contribution in [3.05, 3.63) is 11.9 Å². The van der Waals surface area contributed by atoms with Gasteiger partial charge in [-0.05, 0) is 6.92 Å². The molecular formula is C4H4F4. The van der Waals surface area contributed by atoms with Crippen LogP contribution in [0.4, 0.5) is 17.6 Å². The Bertz CT molecular complexity index is 95.1. The fourth-order valence-electron chi connectivity index (χ4n) is 0.226. The smallest absolute Gasteiger partial charge is 0.212 e. The quantitative estimate of drug-likeness (QED) is 0.439. The van der Waals surface area contributed by atoms with E-state index in [1.165, 1.54) is 0 Å². The summed E-state index contributed by atoms with van der Waals surface area (Å²) < 4.78 is 44.3. The van der Waals surface area contributed by atoms with Gasteiger partial charge in [0.05, 0.1) is 6.08 Å². The second kappa shape index (κ2) is 2.15. The summed E-state index contributed by atoms with van der Waals surface area (Å²) in [6.45, 7) is 0.744. The van der Waals surface area contributed by atoms with Gasteiger partial charge in [0.15, 0.2) is 0 Å². The summed E-state index contributed by atoms with van der Waals surface area (Å²) in [5.41, 5.74) is 0. The minimum Gasteiger partial charge on any atom is -0.212 e. The summed E-state index contributed by atoms with van der Waals surface area (Å²) in [5, 5.41) is 0. The molecule has 0 aliphatic carbocycles. The molecule has 48 valence electrons. The molecule has 0 nitrogen and oxygen atoms in total. The van der Waals surface area contributed by atoms with E-state index in [1.807, 2.05) is 0 Å². The molecule has 0 atom stereocenters. The number of hydrogen-bond acceptors (Lipinski definition) is 0. The van der Waals surface area contributed by atoms with E-state index in [9.17, 15) is 17.6 Å². The first-order valence-electron chi connectivity index (χ1n) is 1.83. The molecule has 0 unspecified atom stereocenters. The van der Waals surface area contributed by atoms with E-state index in [-0.39, 0.29) is 0 Å². The molecule has 0 aliphatic rings. The Kier molecular flexibility index (Phi) is 2.01. The summed E-state index contributed by atoms with van der Waals surface area (Å²) in [5.74, 6) is -1.22. The summed E-state index contributed by atoms with van der Waals surface area (Å²) in [6, 6.07) is 0. The first-order chi connectivity index (χ1) is 3.42. The maximum atomic E-state index is 11.3. The summed E-state index contributed by atoms with van der Waals surface area (Å²) in [6.07, 6.45) is -4.91. The van der Waals surface area contributed by atoms with Gasteiger partial charge in [-0.3, -0.25) is 0 Å². The zero-order valence-electron chi connectivity index (χ0n) is 4.09. The van der Waals surface area contributed by atoms with E-state index in [1.54, 1.807) is 0 Å². The Morgan fingerprint density at radius 3 is 1.75 bits per heavy atom. The Morgan fingerprint density at radius 1 is 1.38 bits per heavy atom. The molecule has 0 radical (unpaired) electrons. The van der Waals surface area contributed by atoms with Crippen LogP contribution >= 0.6 is 0 Å². The Morgan fingerprint density at radius 2 is 1.75 bits per heavy atom. The Hall–Kier alpha value is -0.540. The predicted molar refractivity (Wildman–Crippen MR) is 20.9 cm³/mol. The SMILES string of the molecule is C/C(F)=C\C(F)(F)F. The Labute approximate surface area is 43.8 Å². The third-order valence-electron chi connectivity index (χ3n) is 0.363. The molecule has 4 heteroatoms. The first kappa shape index (κ1) is 7.46. The van der Waals surface area contributed by atoms with E-state index in [2.05, 4.69) is 0 Å². The van der Waals surface area contributed by atoms with Crippen molar-refractivity contribution in [3.63, 3.8) is 0 Å². The van der Waals surface area contributed by atoms with Gasteiger partial charge in [-0.2, -0.15) is 13.2 Å². The van der Waals surface area contributed by atoms with Crippen LogP contribution in [0.5, 0.6) is 0 Å². The van der Waals surface area contributed by atoms with Gasteiger partial charge in [0.1, 0.15) is 5.83 Å². The molecular weight excluding hydrogens is 124 g/mol. The van der Waals surface area contributed by atoms with Gasteiger partial charge in [-0.25, -0.2) is 4.39 Å². The van der Waals surface area contributed by atoms with Crippen molar-refractivity contribution in [2.24, 2.45) is 0 Å². The molecule has 0 aromatic heterocycles. The van der Waals surface area contributed by atoms with E-state index < -0.39 is 18.1 Å². The molecule has 0 N–H and O–H groups in total. The molecule has 0 saturated carbocycles. The fraction of sp³-hybridized carbons (Fsp3) is 0.500. The molecule has 0 fully saturated rings. The molecule has 0 aromatic carbocycles. The highest BCUT2D eigenvalue weighted by molar-refractivity contribution is 4.92. The molecule has 8 heavy (non-hydrogen) atoms. The van der Waals surface area contributed by atoms with E-state index in [0.717, 1.165) is 6.92 Å². The summed E-state index contributed by atoms with van der Waals surface area (Å²) >= 11 is 0. The molecule has 0 heterocycles. The van der Waals surface area contributed by atoms with Crippen molar-refractivity contribution in [1.29, 1.82) is 0 Å². The third-order valence-corrected chi connectivity index (χ3v) is 0.363. The number of alkyl halides is 3. The van der Waals surface area contributed by atoms with E-state index >= 15 is 0 Å². The van der Waals surface area contributed by atoms with E-state index in [4.69, 9.17) is 0 Å². The Balaban J connectivity index is 3.89. The van der Waals surface area contributed by atoms with Crippen LogP contribution in [0.3, 0.4) is 0 Å². The standard InChI is InChI=1S/C4H4F4/c1-3(5)2-4(6,7)8/h2H,1H3/b3-2+. The second-order valence-corrected chi connectivity index (χ2v) is 1.27. The van der Waals surface area contributed by atoms with Crippen molar-refractivity contribution >= 4 is 0 Å². The topological polar surface area (TPSA) is 0 Å². The average Bonchev–Trinajstić information content (AvgIpc) is 1.21. The normalized spacial score (nSPS) is 14.4. The van der Waals surface area contributed by atoms with Crippen LogP contribution in [0.2, 0.25) is 0 Å². The molecule has 0 aliphatic heterocycles. The highest BCUT2D eigenvalue weighted by Crippen LogP contribution is 2.18. The van der Waals surface area contributed by atoms with Crippen LogP contribution in [-0.2, 0) is 0 Å². The molecule has 0 rings (SSSR count). The van der Waals surface area contributed by atoms with Gasteiger partial charge in [0.2, 0.25) is 0 Å². The molecule has 0 spiro atoms. The van der Waals surface area contributed by atoms with Crippen molar-refractivity contribution in [3.8, 4) is 0 Å². The third kappa shape index (κ3) is 5.46. The average molecular weight is 128 g/mol. The maximum absolute atomic E-state index is 11.3. The van der Waals surface area contributed by atoms with Crippen molar-refractivity contribution in [2.75, 3.05) is 0 Å². The van der Waals surface area contributed by atoms with Gasteiger partial charge in [-0.15, -0.1) is 0 Å². The van der Waals surface area contributed by atoms with Gasteiger partial charge in [0, 0.05) is 0 Å². The van der Waals surface area contributed by atoms with Gasteiger partial charge in [0.25, 0.3) is 0 Å². The monoisotopic (exact) mass is 128 g/mol. The number of halogens is 4. The number of rotatable bonds is 0. The number of allylic oxidation sites excluding steroid dienone is 2. The van der Waals surface area contributed by atoms with Crippen LogP contribution in [0.1, 0.15) is 6.92 Å². The maximum Gasteiger partial charge on any atom is 0.412 e. The van der Waals surface area contributed by atoms with Crippen LogP contribution in [0, 0.1) is 0 Å². The lowest BCUT2D eigenvalue weighted by atomic mass is 10.5. The lowest BCUT2D eigenvalue weighted by Crippen LogP contribution is -2.00. The lowest BCUT2D eigenvalue weighted by molar-refractivity contribution is -0.0813. The second-order valence-electron chi connectivity index (χ2n) is 1.27. The first-order valence-corrected chi connectivity index (χ1v) is 1.83. The largest absolute Gasteiger partial charge is 0.412 e. The molecule has 0 aromatic rings. The highest BCUT2D eigenvalue weighted by atomic mass is 19.4. The predicted octanol–water partition coefficient (Wildman–Crippen LogP) is 2.42. The van der Waals surface area contributed by atoms with Crippen LogP contribution in [-0.4, -0.2) is 6.18 Å². The van der Waals surface area contributed by atoms with Crippen molar-refractivity contribution in [2.45, 2.75) is 13.1 Å². The van der Waals surface area contributed by atoms with Gasteiger partial charge >= 0.3 is 6.18 Å². The van der Waals surface area contributed by atoms with Crippen molar-refractivity contribution < 1.29 is 17.6 Å². The zero-order valence-corrected chi connectivity index (χ0v) is 4.09. The minimum absolute atomic E-state index is 0.396. The molecule has 0 bridgehead atoms. The number of hydrogen-bond donors (Lipinski definition) is 0. The summed E-state index contributed by atoms with van der Waals surface area (Å²) in [4.78, 5) is 0. The van der Waals surface area contributed by atoms with Crippen LogP contribution in [0.15, 0.2) is 11.9 Å². The van der Waals surface area contributed by atoms with Crippen LogP contribution in [0.25, 0.3) is 0 Å². The highest BCUT2D eigenvalue weighted by Gasteiger charge is 2.23. The lowest BCUT2D eigenvalue weighted by Gasteiger charge is -1.95. The van der Waals surface area contributed by atoms with Crippen LogP contribution < -0.4 is 0 Å². The van der Waals surface area contributed by atoms with Crippen molar-refractivity contribution in [1.82, 2.24) is 0 Å². The fourth-order valence-corrected chi connectivity index (χ4v) is 0.226. The van der Waals surface area contributed by atoms with Gasteiger partial charge < -0.3 is 0 Å². The van der Waals surface area contributed by atoms with E-state index in [0.29, 0.717) is 0 Å².